The van der Waals surface area contributed by atoms with E-state index in [1.54, 1.807) is 6.92 Å². The summed E-state index contributed by atoms with van der Waals surface area (Å²) in [4.78, 5) is 0.0671. The van der Waals surface area contributed by atoms with Gasteiger partial charge in [-0.3, -0.25) is 0 Å². The molecule has 7 nitrogen and oxygen atoms in total. The van der Waals surface area contributed by atoms with Crippen LogP contribution in [0.4, 0.5) is 5.69 Å². The second kappa shape index (κ2) is 6.08. The Bertz CT molecular complexity index is 673. The minimum absolute atomic E-state index is 0.0155. The molecule has 0 fully saturated rings. The summed E-state index contributed by atoms with van der Waals surface area (Å²) in [6.45, 7) is 3.53. The van der Waals surface area contributed by atoms with Gasteiger partial charge in [0.2, 0.25) is 20.0 Å². The lowest BCUT2D eigenvalue weighted by atomic mass is 10.1. The van der Waals surface area contributed by atoms with Crippen LogP contribution in [0.15, 0.2) is 17.0 Å². The summed E-state index contributed by atoms with van der Waals surface area (Å²) in [5, 5.41) is 0. The van der Waals surface area contributed by atoms with Gasteiger partial charge in [0.05, 0.1) is 11.2 Å². The smallest absolute Gasteiger partial charge is 0.240 e. The standard InChI is InChI=1S/C11H19N3O4S2/c1-8-6-10(7-11(12)9(8)2)20(17,18)14-5-4-13-19(3,15)16/h6-7,13-14H,4-5,12H2,1-3H3. The number of hydrogen-bond donors (Lipinski definition) is 3. The van der Waals surface area contributed by atoms with Crippen molar-refractivity contribution in [1.82, 2.24) is 9.44 Å². The minimum Gasteiger partial charge on any atom is -0.398 e. The average Bonchev–Trinajstić information content (AvgIpc) is 2.30. The number of nitrogens with two attached hydrogens (primary N) is 1. The SMILES string of the molecule is Cc1cc(S(=O)(=O)NCCNS(C)(=O)=O)cc(N)c1C. The first kappa shape index (κ1) is 16.9. The fourth-order valence-electron chi connectivity index (χ4n) is 1.51. The van der Waals surface area contributed by atoms with Gasteiger partial charge in [-0.25, -0.2) is 26.3 Å². The monoisotopic (exact) mass is 321 g/mol. The van der Waals surface area contributed by atoms with Gasteiger partial charge in [-0.15, -0.1) is 0 Å². The number of anilines is 1. The molecule has 0 heterocycles. The average molecular weight is 321 g/mol. The molecule has 4 N–H and O–H groups in total. The molecule has 0 aliphatic carbocycles. The maximum absolute atomic E-state index is 12.0. The molecule has 0 saturated heterocycles. The molecule has 0 bridgehead atoms. The molecule has 0 spiro atoms. The predicted molar refractivity (Wildman–Crippen MR) is 78.4 cm³/mol. The van der Waals surface area contributed by atoms with Crippen molar-refractivity contribution in [1.29, 1.82) is 0 Å². The molecule has 1 aromatic rings. The first-order chi connectivity index (χ1) is 9.03. The normalized spacial score (nSPS) is 12.6. The molecule has 0 atom stereocenters. The lowest BCUT2D eigenvalue weighted by Crippen LogP contribution is -2.34. The Hall–Kier alpha value is -1.16. The number of sulfonamides is 2. The number of rotatable bonds is 6. The van der Waals surface area contributed by atoms with E-state index < -0.39 is 20.0 Å². The number of aryl methyl sites for hydroxylation is 1. The molecule has 0 aromatic heterocycles. The van der Waals surface area contributed by atoms with Gasteiger partial charge in [-0.1, -0.05) is 0 Å². The predicted octanol–water partition coefficient (Wildman–Crippen LogP) is -0.287. The van der Waals surface area contributed by atoms with Gasteiger partial charge >= 0.3 is 0 Å². The van der Waals surface area contributed by atoms with Crippen LogP contribution in [0.5, 0.6) is 0 Å². The molecule has 9 heteroatoms. The van der Waals surface area contributed by atoms with Crippen molar-refractivity contribution in [3.05, 3.63) is 23.3 Å². The number of hydrogen-bond acceptors (Lipinski definition) is 5. The van der Waals surface area contributed by atoms with Crippen LogP contribution in [0, 0.1) is 13.8 Å². The topological polar surface area (TPSA) is 118 Å². The van der Waals surface area contributed by atoms with Crippen LogP contribution in [0.2, 0.25) is 0 Å². The Morgan fingerprint density at radius 2 is 1.60 bits per heavy atom. The van der Waals surface area contributed by atoms with Gasteiger partial charge in [0, 0.05) is 18.8 Å². The summed E-state index contributed by atoms with van der Waals surface area (Å²) in [7, 11) is -7.03. The van der Waals surface area contributed by atoms with E-state index in [1.807, 2.05) is 6.92 Å². The zero-order chi connectivity index (χ0) is 15.6. The second-order valence-electron chi connectivity index (χ2n) is 4.52. The summed E-state index contributed by atoms with van der Waals surface area (Å²) in [6, 6.07) is 2.91. The van der Waals surface area contributed by atoms with Crippen LogP contribution < -0.4 is 15.2 Å². The fourth-order valence-corrected chi connectivity index (χ4v) is 3.14. The van der Waals surface area contributed by atoms with Crippen molar-refractivity contribution < 1.29 is 16.8 Å². The summed E-state index contributed by atoms with van der Waals surface area (Å²) in [6.07, 6.45) is 1.01. The first-order valence-electron chi connectivity index (χ1n) is 5.84. The Labute approximate surface area is 119 Å². The van der Waals surface area contributed by atoms with Crippen molar-refractivity contribution in [3.8, 4) is 0 Å². The Kier molecular flexibility index (Phi) is 5.14. The Morgan fingerprint density at radius 1 is 1.05 bits per heavy atom. The first-order valence-corrected chi connectivity index (χ1v) is 9.21. The maximum atomic E-state index is 12.0. The van der Waals surface area contributed by atoms with Crippen LogP contribution in [-0.4, -0.2) is 36.2 Å². The third kappa shape index (κ3) is 4.75. The largest absolute Gasteiger partial charge is 0.398 e. The maximum Gasteiger partial charge on any atom is 0.240 e. The minimum atomic E-state index is -3.70. The van der Waals surface area contributed by atoms with Crippen LogP contribution in [0.1, 0.15) is 11.1 Å². The van der Waals surface area contributed by atoms with Crippen LogP contribution >= 0.6 is 0 Å². The van der Waals surface area contributed by atoms with Crippen LogP contribution in [-0.2, 0) is 20.0 Å². The molecule has 20 heavy (non-hydrogen) atoms. The third-order valence-electron chi connectivity index (χ3n) is 2.77. The van der Waals surface area contributed by atoms with E-state index >= 15 is 0 Å². The number of nitrogens with one attached hydrogen (secondary N) is 2. The molecular formula is C11H19N3O4S2. The molecule has 1 aromatic carbocycles. The van der Waals surface area contributed by atoms with Crippen molar-refractivity contribution >= 4 is 25.7 Å². The highest BCUT2D eigenvalue weighted by Gasteiger charge is 2.15. The van der Waals surface area contributed by atoms with E-state index in [9.17, 15) is 16.8 Å². The van der Waals surface area contributed by atoms with E-state index in [4.69, 9.17) is 5.73 Å². The van der Waals surface area contributed by atoms with Gasteiger partial charge in [-0.2, -0.15) is 0 Å². The highest BCUT2D eigenvalue weighted by atomic mass is 32.2. The molecule has 0 saturated carbocycles. The molecule has 1 rings (SSSR count). The number of benzene rings is 1. The summed E-state index contributed by atoms with van der Waals surface area (Å²) < 4.78 is 50.3. The number of nitrogen functional groups attached to an aromatic ring is 1. The van der Waals surface area contributed by atoms with Crippen molar-refractivity contribution in [3.63, 3.8) is 0 Å². The highest BCUT2D eigenvalue weighted by Crippen LogP contribution is 2.21. The van der Waals surface area contributed by atoms with E-state index in [0.717, 1.165) is 17.4 Å². The second-order valence-corrected chi connectivity index (χ2v) is 8.12. The van der Waals surface area contributed by atoms with Gasteiger partial charge < -0.3 is 5.73 Å². The molecular weight excluding hydrogens is 302 g/mol. The zero-order valence-electron chi connectivity index (χ0n) is 11.6. The van der Waals surface area contributed by atoms with Gasteiger partial charge in [0.25, 0.3) is 0 Å². The van der Waals surface area contributed by atoms with Gasteiger partial charge in [-0.05, 0) is 37.1 Å². The Balaban J connectivity index is 2.80. The third-order valence-corrected chi connectivity index (χ3v) is 4.94. The van der Waals surface area contributed by atoms with E-state index in [0.29, 0.717) is 5.69 Å². The van der Waals surface area contributed by atoms with Gasteiger partial charge in [0.15, 0.2) is 0 Å². The van der Waals surface area contributed by atoms with E-state index in [2.05, 4.69) is 9.44 Å². The Morgan fingerprint density at radius 3 is 2.10 bits per heavy atom. The summed E-state index contributed by atoms with van der Waals surface area (Å²) >= 11 is 0. The van der Waals surface area contributed by atoms with Crippen molar-refractivity contribution in [2.45, 2.75) is 18.7 Å². The lowest BCUT2D eigenvalue weighted by Gasteiger charge is -2.11. The lowest BCUT2D eigenvalue weighted by molar-refractivity contribution is 0.573. The van der Waals surface area contributed by atoms with Crippen molar-refractivity contribution in [2.75, 3.05) is 25.1 Å². The molecule has 114 valence electrons. The fraction of sp³-hybridized carbons (Fsp3) is 0.455. The van der Waals surface area contributed by atoms with E-state index in [1.165, 1.54) is 12.1 Å². The molecule has 0 unspecified atom stereocenters. The molecule has 0 aliphatic rings. The van der Waals surface area contributed by atoms with Crippen LogP contribution in [0.3, 0.4) is 0 Å². The van der Waals surface area contributed by atoms with Crippen molar-refractivity contribution in [2.24, 2.45) is 0 Å². The highest BCUT2D eigenvalue weighted by molar-refractivity contribution is 7.89. The zero-order valence-corrected chi connectivity index (χ0v) is 13.2. The van der Waals surface area contributed by atoms with Crippen LogP contribution in [0.25, 0.3) is 0 Å². The van der Waals surface area contributed by atoms with E-state index in [-0.39, 0.29) is 18.0 Å². The molecule has 0 aliphatic heterocycles. The summed E-state index contributed by atoms with van der Waals surface area (Å²) in [5.41, 5.74) is 7.76. The molecule has 0 radical (unpaired) electrons. The molecule has 0 amide bonds. The van der Waals surface area contributed by atoms with Gasteiger partial charge in [0.1, 0.15) is 0 Å². The summed E-state index contributed by atoms with van der Waals surface area (Å²) in [5.74, 6) is 0. The quantitative estimate of drug-likeness (QED) is 0.491.